The number of morpholine rings is 1. The summed E-state index contributed by atoms with van der Waals surface area (Å²) in [6.07, 6.45) is 1.91. The summed E-state index contributed by atoms with van der Waals surface area (Å²) in [7, 11) is -3.17. The van der Waals surface area contributed by atoms with Gasteiger partial charge in [-0.1, -0.05) is 5.16 Å². The van der Waals surface area contributed by atoms with E-state index >= 15 is 0 Å². The highest BCUT2D eigenvalue weighted by Gasteiger charge is 2.43. The monoisotopic (exact) mass is 357 g/mol. The Bertz CT molecular complexity index is 664. The van der Waals surface area contributed by atoms with Gasteiger partial charge in [0.05, 0.1) is 23.7 Å². The number of hydrogen-bond acceptors (Lipinski definition) is 6. The summed E-state index contributed by atoms with van der Waals surface area (Å²) >= 11 is 0. The minimum Gasteiger partial charge on any atom is -0.371 e. The third kappa shape index (κ3) is 3.51. The fraction of sp³-hybridized carbons (Fsp3) is 0.812. The van der Waals surface area contributed by atoms with Gasteiger partial charge in [0.25, 0.3) is 0 Å². The highest BCUT2D eigenvalue weighted by atomic mass is 32.2. The number of nitrogens with zero attached hydrogens (tertiary/aromatic N) is 3. The van der Waals surface area contributed by atoms with Gasteiger partial charge < -0.3 is 9.26 Å². The van der Waals surface area contributed by atoms with Crippen molar-refractivity contribution in [3.63, 3.8) is 0 Å². The molecule has 0 aliphatic carbocycles. The van der Waals surface area contributed by atoms with Crippen molar-refractivity contribution in [2.45, 2.75) is 45.8 Å². The number of likely N-dealkylation sites (tertiary alicyclic amines) is 1. The zero-order valence-electron chi connectivity index (χ0n) is 14.7. The fourth-order valence-electron chi connectivity index (χ4n) is 3.75. The van der Waals surface area contributed by atoms with E-state index in [4.69, 9.17) is 9.26 Å². The van der Waals surface area contributed by atoms with Gasteiger partial charge in [-0.3, -0.25) is 4.90 Å². The number of hydrogen-bond donors (Lipinski definition) is 0. The van der Waals surface area contributed by atoms with E-state index in [0.29, 0.717) is 19.7 Å². The molecule has 1 unspecified atom stereocenters. The molecule has 2 saturated heterocycles. The Morgan fingerprint density at radius 2 is 2.04 bits per heavy atom. The summed E-state index contributed by atoms with van der Waals surface area (Å²) in [5, 5.41) is 4.02. The zero-order chi connectivity index (χ0) is 17.4. The minimum absolute atomic E-state index is 0.145. The first-order valence-corrected chi connectivity index (χ1v) is 10.2. The minimum atomic E-state index is -3.17. The largest absolute Gasteiger partial charge is 0.371 e. The Hall–Kier alpha value is -0.960. The van der Waals surface area contributed by atoms with Crippen LogP contribution in [0.15, 0.2) is 4.52 Å². The number of aryl methyl sites for hydroxylation is 2. The van der Waals surface area contributed by atoms with Crippen LogP contribution in [0.25, 0.3) is 0 Å². The summed E-state index contributed by atoms with van der Waals surface area (Å²) in [5.41, 5.74) is 1.66. The van der Waals surface area contributed by atoms with Crippen LogP contribution in [-0.2, 0) is 21.3 Å². The van der Waals surface area contributed by atoms with E-state index in [1.165, 1.54) is 0 Å². The maximum atomic E-state index is 12.2. The van der Waals surface area contributed by atoms with Gasteiger partial charge in [0, 0.05) is 31.7 Å². The Morgan fingerprint density at radius 1 is 1.25 bits per heavy atom. The van der Waals surface area contributed by atoms with Gasteiger partial charge in [-0.2, -0.15) is 4.31 Å². The van der Waals surface area contributed by atoms with Gasteiger partial charge in [-0.15, -0.1) is 0 Å². The van der Waals surface area contributed by atoms with Gasteiger partial charge in [0.2, 0.25) is 10.0 Å². The van der Waals surface area contributed by atoms with Gasteiger partial charge in [0.1, 0.15) is 5.76 Å². The first-order valence-electron chi connectivity index (χ1n) is 8.61. The SMILES string of the molecule is CCS(=O)(=O)N1CCOC2(CCCN(Cc3c(C)noc3C)C2)C1. The van der Waals surface area contributed by atoms with Crippen LogP contribution in [0.5, 0.6) is 0 Å². The van der Waals surface area contributed by atoms with Crippen molar-refractivity contribution < 1.29 is 17.7 Å². The summed E-state index contributed by atoms with van der Waals surface area (Å²) in [5.74, 6) is 0.998. The van der Waals surface area contributed by atoms with E-state index in [1.807, 2.05) is 13.8 Å². The van der Waals surface area contributed by atoms with E-state index < -0.39 is 15.6 Å². The normalized spacial score (nSPS) is 27.0. The van der Waals surface area contributed by atoms with Gasteiger partial charge in [0.15, 0.2) is 0 Å². The van der Waals surface area contributed by atoms with Crippen LogP contribution in [0.3, 0.4) is 0 Å². The molecule has 2 fully saturated rings. The molecule has 7 nitrogen and oxygen atoms in total. The molecule has 0 amide bonds. The predicted octanol–water partition coefficient (Wildman–Crippen LogP) is 1.31. The third-order valence-corrected chi connectivity index (χ3v) is 6.98. The van der Waals surface area contributed by atoms with Crippen molar-refractivity contribution in [1.29, 1.82) is 0 Å². The fourth-order valence-corrected chi connectivity index (χ4v) is 4.90. The first-order chi connectivity index (χ1) is 11.4. The van der Waals surface area contributed by atoms with Crippen LogP contribution in [0.4, 0.5) is 0 Å². The van der Waals surface area contributed by atoms with E-state index in [0.717, 1.165) is 49.5 Å². The second kappa shape index (κ2) is 6.74. The lowest BCUT2D eigenvalue weighted by Gasteiger charge is -2.47. The summed E-state index contributed by atoms with van der Waals surface area (Å²) in [6.45, 7) is 9.47. The molecule has 0 aromatic carbocycles. The lowest BCUT2D eigenvalue weighted by molar-refractivity contribution is -0.125. The number of piperidine rings is 1. The number of rotatable bonds is 4. The molecular weight excluding hydrogens is 330 g/mol. The van der Waals surface area contributed by atoms with Gasteiger partial charge in [-0.25, -0.2) is 8.42 Å². The number of aromatic nitrogens is 1. The highest BCUT2D eigenvalue weighted by Crippen LogP contribution is 2.31. The van der Waals surface area contributed by atoms with Crippen molar-refractivity contribution in [3.05, 3.63) is 17.0 Å². The Kier molecular flexibility index (Phi) is 5.01. The second-order valence-corrected chi connectivity index (χ2v) is 9.14. The van der Waals surface area contributed by atoms with Crippen molar-refractivity contribution >= 4 is 10.0 Å². The maximum Gasteiger partial charge on any atom is 0.214 e. The van der Waals surface area contributed by atoms with Crippen LogP contribution in [0.2, 0.25) is 0 Å². The quantitative estimate of drug-likeness (QED) is 0.809. The smallest absolute Gasteiger partial charge is 0.214 e. The molecule has 3 rings (SSSR count). The molecule has 1 aromatic rings. The molecule has 0 bridgehead atoms. The van der Waals surface area contributed by atoms with Gasteiger partial charge >= 0.3 is 0 Å². The third-order valence-electron chi connectivity index (χ3n) is 5.15. The molecule has 136 valence electrons. The molecule has 24 heavy (non-hydrogen) atoms. The molecular formula is C16H27N3O4S. The molecule has 2 aliphatic rings. The Balaban J connectivity index is 1.72. The van der Waals surface area contributed by atoms with E-state index in [2.05, 4.69) is 10.1 Å². The predicted molar refractivity (Wildman–Crippen MR) is 90.2 cm³/mol. The Morgan fingerprint density at radius 3 is 2.71 bits per heavy atom. The topological polar surface area (TPSA) is 75.9 Å². The lowest BCUT2D eigenvalue weighted by Crippen LogP contribution is -2.60. The first kappa shape index (κ1) is 17.8. The van der Waals surface area contributed by atoms with Crippen molar-refractivity contribution in [2.24, 2.45) is 0 Å². The molecule has 8 heteroatoms. The number of sulfonamides is 1. The lowest BCUT2D eigenvalue weighted by atomic mass is 9.91. The average molecular weight is 357 g/mol. The molecule has 1 atom stereocenters. The summed E-state index contributed by atoms with van der Waals surface area (Å²) < 4.78 is 37.4. The van der Waals surface area contributed by atoms with Crippen LogP contribution < -0.4 is 0 Å². The Labute approximate surface area is 144 Å². The van der Waals surface area contributed by atoms with Crippen LogP contribution in [0, 0.1) is 13.8 Å². The van der Waals surface area contributed by atoms with Crippen molar-refractivity contribution in [1.82, 2.24) is 14.4 Å². The van der Waals surface area contributed by atoms with E-state index in [-0.39, 0.29) is 5.75 Å². The molecule has 1 aromatic heterocycles. The standard InChI is InChI=1S/C16H27N3O4S/c1-4-24(20,21)19-8-9-22-16(12-19)6-5-7-18(11-16)10-15-13(2)17-23-14(15)3/h4-12H2,1-3H3. The highest BCUT2D eigenvalue weighted by molar-refractivity contribution is 7.89. The molecule has 0 saturated carbocycles. The molecule has 0 radical (unpaired) electrons. The van der Waals surface area contributed by atoms with Crippen LogP contribution in [0.1, 0.15) is 36.8 Å². The van der Waals surface area contributed by atoms with Crippen LogP contribution in [-0.4, -0.2) is 66.9 Å². The molecule has 2 aliphatic heterocycles. The van der Waals surface area contributed by atoms with E-state index in [9.17, 15) is 8.42 Å². The van der Waals surface area contributed by atoms with Crippen molar-refractivity contribution in [2.75, 3.05) is 38.5 Å². The zero-order valence-corrected chi connectivity index (χ0v) is 15.6. The average Bonchev–Trinajstić information content (AvgIpc) is 2.87. The molecule has 1 spiro atoms. The summed E-state index contributed by atoms with van der Waals surface area (Å²) in [4.78, 5) is 2.33. The van der Waals surface area contributed by atoms with Crippen LogP contribution >= 0.6 is 0 Å². The van der Waals surface area contributed by atoms with Gasteiger partial charge in [-0.05, 0) is 40.2 Å². The van der Waals surface area contributed by atoms with Crippen molar-refractivity contribution in [3.8, 4) is 0 Å². The summed E-state index contributed by atoms with van der Waals surface area (Å²) in [6, 6.07) is 0. The molecule has 0 N–H and O–H groups in total. The molecule has 3 heterocycles. The second-order valence-electron chi connectivity index (χ2n) is 6.88. The number of ether oxygens (including phenoxy) is 1. The maximum absolute atomic E-state index is 12.2. The van der Waals surface area contributed by atoms with E-state index in [1.54, 1.807) is 11.2 Å².